The molecule has 7 nitrogen and oxygen atoms in total. The van der Waals surface area contributed by atoms with E-state index in [9.17, 15) is 13.2 Å². The summed E-state index contributed by atoms with van der Waals surface area (Å²) in [6.07, 6.45) is 0. The van der Waals surface area contributed by atoms with Crippen molar-refractivity contribution in [3.63, 3.8) is 0 Å². The lowest BCUT2D eigenvalue weighted by molar-refractivity contribution is -0.121. The molecule has 0 aromatic heterocycles. The predicted molar refractivity (Wildman–Crippen MR) is 98.6 cm³/mol. The summed E-state index contributed by atoms with van der Waals surface area (Å²) in [5, 5.41) is 0.725. The van der Waals surface area contributed by atoms with E-state index in [1.54, 1.807) is 23.1 Å². The van der Waals surface area contributed by atoms with Crippen molar-refractivity contribution in [1.29, 1.82) is 0 Å². The number of sulfone groups is 1. The fraction of sp³-hybridized carbons (Fsp3) is 0.467. The maximum atomic E-state index is 12.0. The van der Waals surface area contributed by atoms with Gasteiger partial charge in [-0.1, -0.05) is 23.4 Å². The van der Waals surface area contributed by atoms with Gasteiger partial charge in [0.2, 0.25) is 0 Å². The van der Waals surface area contributed by atoms with Crippen LogP contribution in [0, 0.1) is 0 Å². The number of amidine groups is 1. The lowest BCUT2D eigenvalue weighted by atomic mass is 10.2. The Balaban J connectivity index is 2.07. The number of hydrogen-bond donors (Lipinski definition) is 0. The third kappa shape index (κ3) is 3.79. The van der Waals surface area contributed by atoms with Gasteiger partial charge in [0.25, 0.3) is 5.91 Å². The highest BCUT2D eigenvalue weighted by atomic mass is 35.5. The van der Waals surface area contributed by atoms with Gasteiger partial charge in [-0.05, 0) is 18.2 Å². The molecule has 2 fully saturated rings. The van der Waals surface area contributed by atoms with E-state index in [0.717, 1.165) is 0 Å². The number of halogens is 1. The first-order valence-corrected chi connectivity index (χ1v) is 10.5. The molecule has 3 rings (SSSR count). The number of anilines is 1. The molecule has 0 aliphatic carbocycles. The van der Waals surface area contributed by atoms with Crippen molar-refractivity contribution in [1.82, 2.24) is 0 Å². The number of hydrogen-bond acceptors (Lipinski definition) is 6. The number of carbonyl (C=O) groups excluding carboxylic acids is 1. The Hall–Kier alpha value is -1.29. The molecule has 25 heavy (non-hydrogen) atoms. The van der Waals surface area contributed by atoms with Gasteiger partial charge >= 0.3 is 0 Å². The monoisotopic (exact) mass is 404 g/mol. The van der Waals surface area contributed by atoms with Gasteiger partial charge in [0.15, 0.2) is 15.0 Å². The van der Waals surface area contributed by atoms with Crippen LogP contribution in [-0.2, 0) is 19.4 Å². The smallest absolute Gasteiger partial charge is 0.274 e. The molecule has 1 aromatic carbocycles. The minimum Gasteiger partial charge on any atom is -0.495 e. The average Bonchev–Trinajstić information content (AvgIpc) is 2.98. The second-order valence-electron chi connectivity index (χ2n) is 5.71. The fourth-order valence-electron chi connectivity index (χ4n) is 2.96. The van der Waals surface area contributed by atoms with Gasteiger partial charge in [-0.2, -0.15) is 4.99 Å². The Morgan fingerprint density at radius 1 is 1.40 bits per heavy atom. The molecule has 2 aliphatic heterocycles. The summed E-state index contributed by atoms with van der Waals surface area (Å²) in [6, 6.07) is 4.75. The Morgan fingerprint density at radius 3 is 2.84 bits per heavy atom. The molecule has 0 unspecified atom stereocenters. The Kier molecular flexibility index (Phi) is 5.29. The van der Waals surface area contributed by atoms with Crippen molar-refractivity contribution < 1.29 is 22.7 Å². The highest BCUT2D eigenvalue weighted by Crippen LogP contribution is 2.44. The number of nitrogens with zero attached hydrogens (tertiary/aromatic N) is 2. The first-order valence-electron chi connectivity index (χ1n) is 7.45. The van der Waals surface area contributed by atoms with Gasteiger partial charge in [-0.15, -0.1) is 0 Å². The maximum absolute atomic E-state index is 12.0. The van der Waals surface area contributed by atoms with E-state index < -0.39 is 15.7 Å². The molecular weight excluding hydrogens is 388 g/mol. The van der Waals surface area contributed by atoms with Crippen LogP contribution in [0.5, 0.6) is 5.75 Å². The summed E-state index contributed by atoms with van der Waals surface area (Å²) in [7, 11) is -0.204. The molecule has 1 amide bonds. The van der Waals surface area contributed by atoms with Gasteiger partial charge in [0, 0.05) is 17.4 Å². The van der Waals surface area contributed by atoms with Gasteiger partial charge < -0.3 is 14.4 Å². The van der Waals surface area contributed by atoms with Gasteiger partial charge in [-0.3, -0.25) is 4.79 Å². The standard InChI is InChI=1S/C15H17ClN2O5S2/c1-22-6-14(19)17-15-18(10-5-9(16)3-4-12(10)23-2)11-7-25(20,21)8-13(11)24-15/h3-5,11,13H,6-8H2,1-2H3/t11-,13-/m0/s1. The normalized spacial score (nSPS) is 26.0. The number of amides is 1. The second kappa shape index (κ2) is 7.14. The van der Waals surface area contributed by atoms with E-state index >= 15 is 0 Å². The number of thioether (sulfide) groups is 1. The predicted octanol–water partition coefficient (Wildman–Crippen LogP) is 1.60. The van der Waals surface area contributed by atoms with Crippen molar-refractivity contribution in [2.75, 3.05) is 37.2 Å². The lowest BCUT2D eigenvalue weighted by Gasteiger charge is -2.26. The number of ether oxygens (including phenoxy) is 2. The highest BCUT2D eigenvalue weighted by Gasteiger charge is 2.50. The summed E-state index contributed by atoms with van der Waals surface area (Å²) < 4.78 is 34.3. The fourth-order valence-corrected chi connectivity index (χ4v) is 7.05. The molecule has 10 heteroatoms. The van der Waals surface area contributed by atoms with Crippen LogP contribution >= 0.6 is 23.4 Å². The van der Waals surface area contributed by atoms with Crippen LogP contribution in [0.25, 0.3) is 0 Å². The van der Waals surface area contributed by atoms with Crippen LogP contribution in [0.1, 0.15) is 0 Å². The Labute approximate surface area is 155 Å². The Morgan fingerprint density at radius 2 is 2.16 bits per heavy atom. The van der Waals surface area contributed by atoms with Crippen molar-refractivity contribution in [2.45, 2.75) is 11.3 Å². The van der Waals surface area contributed by atoms with Crippen LogP contribution in [-0.4, -0.2) is 63.1 Å². The minimum atomic E-state index is -3.14. The highest BCUT2D eigenvalue weighted by molar-refractivity contribution is 8.16. The molecule has 0 spiro atoms. The summed E-state index contributed by atoms with van der Waals surface area (Å²) in [5.74, 6) is 0.150. The van der Waals surface area contributed by atoms with E-state index in [2.05, 4.69) is 4.99 Å². The zero-order chi connectivity index (χ0) is 18.2. The number of rotatable bonds is 4. The first-order chi connectivity index (χ1) is 11.8. The third-order valence-corrected chi connectivity index (χ3v) is 7.40. The van der Waals surface area contributed by atoms with E-state index in [0.29, 0.717) is 21.6 Å². The Bertz CT molecular complexity index is 827. The second-order valence-corrected chi connectivity index (χ2v) is 9.50. The quantitative estimate of drug-likeness (QED) is 0.753. The van der Waals surface area contributed by atoms with Crippen LogP contribution in [0.4, 0.5) is 5.69 Å². The topological polar surface area (TPSA) is 85.3 Å². The van der Waals surface area contributed by atoms with Crippen LogP contribution in [0.3, 0.4) is 0 Å². The van der Waals surface area contributed by atoms with Crippen LogP contribution in [0.2, 0.25) is 5.02 Å². The molecule has 0 N–H and O–H groups in total. The molecule has 0 saturated carbocycles. The molecule has 1 aromatic rings. The number of fused-ring (bicyclic) bond motifs is 1. The average molecular weight is 405 g/mol. The lowest BCUT2D eigenvalue weighted by Crippen LogP contribution is -2.38. The minimum absolute atomic E-state index is 0.00216. The number of methoxy groups -OCH3 is 2. The van der Waals surface area contributed by atoms with Crippen molar-refractivity contribution in [2.24, 2.45) is 4.99 Å². The molecular formula is C15H17ClN2O5S2. The van der Waals surface area contributed by atoms with E-state index in [1.807, 2.05) is 0 Å². The largest absolute Gasteiger partial charge is 0.495 e. The maximum Gasteiger partial charge on any atom is 0.274 e. The number of aliphatic imine (C=N–C) groups is 1. The summed E-state index contributed by atoms with van der Waals surface area (Å²) in [4.78, 5) is 17.8. The van der Waals surface area contributed by atoms with Crippen molar-refractivity contribution in [3.8, 4) is 5.75 Å². The van der Waals surface area contributed by atoms with E-state index in [-0.39, 0.29) is 29.4 Å². The number of carbonyl (C=O) groups is 1. The van der Waals surface area contributed by atoms with Crippen LogP contribution < -0.4 is 9.64 Å². The summed E-state index contributed by atoms with van der Waals surface area (Å²) in [5.41, 5.74) is 0.594. The first kappa shape index (κ1) is 18.5. The molecule has 0 bridgehead atoms. The van der Waals surface area contributed by atoms with Gasteiger partial charge in [0.1, 0.15) is 12.4 Å². The summed E-state index contributed by atoms with van der Waals surface area (Å²) in [6.45, 7) is -0.141. The van der Waals surface area contributed by atoms with Crippen molar-refractivity contribution in [3.05, 3.63) is 23.2 Å². The zero-order valence-corrected chi connectivity index (χ0v) is 16.0. The molecule has 2 saturated heterocycles. The summed E-state index contributed by atoms with van der Waals surface area (Å²) >= 11 is 7.41. The molecule has 2 aliphatic rings. The van der Waals surface area contributed by atoms with E-state index in [4.69, 9.17) is 21.1 Å². The van der Waals surface area contributed by atoms with Gasteiger partial charge in [0.05, 0.1) is 30.3 Å². The molecule has 2 heterocycles. The van der Waals surface area contributed by atoms with Crippen molar-refractivity contribution >= 4 is 50.0 Å². The van der Waals surface area contributed by atoms with E-state index in [1.165, 1.54) is 26.0 Å². The van der Waals surface area contributed by atoms with Crippen LogP contribution in [0.15, 0.2) is 23.2 Å². The molecule has 136 valence electrons. The number of benzene rings is 1. The SMILES string of the molecule is COCC(=O)N=C1S[C@H]2CS(=O)(=O)C[C@@H]2N1c1cc(Cl)ccc1OC. The third-order valence-electron chi connectivity index (χ3n) is 3.96. The van der Waals surface area contributed by atoms with Gasteiger partial charge in [-0.25, -0.2) is 8.42 Å². The molecule has 0 radical (unpaired) electrons. The zero-order valence-electron chi connectivity index (χ0n) is 13.6. The molecule has 2 atom stereocenters.